The van der Waals surface area contributed by atoms with E-state index in [9.17, 15) is 0 Å². The minimum absolute atomic E-state index is 0.510. The number of rotatable bonds is 7. The standard InChI is InChI=1S/C17H20N2O2/c1-20-16-6-2-13(3-7-16)12-21-17-10-14(8-9-18-17)11-19-15-4-5-15/h2-3,6-10,15,19H,4-5,11-12H2,1H3. The van der Waals surface area contributed by atoms with Gasteiger partial charge in [-0.15, -0.1) is 0 Å². The Kier molecular flexibility index (Phi) is 4.36. The average molecular weight is 284 g/mol. The van der Waals surface area contributed by atoms with E-state index in [0.717, 1.165) is 17.9 Å². The Labute approximate surface area is 125 Å². The number of nitrogens with zero attached hydrogens (tertiary/aromatic N) is 1. The summed E-state index contributed by atoms with van der Waals surface area (Å²) in [5, 5.41) is 3.49. The van der Waals surface area contributed by atoms with E-state index in [2.05, 4.69) is 10.3 Å². The summed E-state index contributed by atoms with van der Waals surface area (Å²) in [6.07, 6.45) is 4.39. The maximum atomic E-state index is 5.75. The average Bonchev–Trinajstić information content (AvgIpc) is 3.36. The minimum atomic E-state index is 0.510. The van der Waals surface area contributed by atoms with Crippen LogP contribution in [0, 0.1) is 0 Å². The van der Waals surface area contributed by atoms with Crippen molar-refractivity contribution in [2.75, 3.05) is 7.11 Å². The molecule has 1 aliphatic carbocycles. The van der Waals surface area contributed by atoms with Gasteiger partial charge in [0, 0.05) is 24.8 Å². The second-order valence-corrected chi connectivity index (χ2v) is 5.29. The fourth-order valence-electron chi connectivity index (χ4n) is 2.07. The van der Waals surface area contributed by atoms with E-state index in [1.807, 2.05) is 36.4 Å². The van der Waals surface area contributed by atoms with Gasteiger partial charge in [-0.1, -0.05) is 12.1 Å². The Morgan fingerprint density at radius 2 is 1.95 bits per heavy atom. The molecule has 0 atom stereocenters. The van der Waals surface area contributed by atoms with Crippen LogP contribution in [0.2, 0.25) is 0 Å². The van der Waals surface area contributed by atoms with E-state index < -0.39 is 0 Å². The highest BCUT2D eigenvalue weighted by Gasteiger charge is 2.19. The van der Waals surface area contributed by atoms with Crippen LogP contribution in [0.25, 0.3) is 0 Å². The lowest BCUT2D eigenvalue weighted by Crippen LogP contribution is -2.15. The number of pyridine rings is 1. The van der Waals surface area contributed by atoms with E-state index >= 15 is 0 Å². The summed E-state index contributed by atoms with van der Waals surface area (Å²) in [6.45, 7) is 1.39. The van der Waals surface area contributed by atoms with Crippen LogP contribution in [0.1, 0.15) is 24.0 Å². The maximum Gasteiger partial charge on any atom is 0.213 e. The largest absolute Gasteiger partial charge is 0.497 e. The van der Waals surface area contributed by atoms with Gasteiger partial charge in [0.25, 0.3) is 0 Å². The van der Waals surface area contributed by atoms with Crippen molar-refractivity contribution in [2.24, 2.45) is 0 Å². The summed E-state index contributed by atoms with van der Waals surface area (Å²) in [5.41, 5.74) is 2.31. The van der Waals surface area contributed by atoms with Crippen molar-refractivity contribution in [1.29, 1.82) is 0 Å². The molecule has 1 aromatic heterocycles. The van der Waals surface area contributed by atoms with Gasteiger partial charge in [0.2, 0.25) is 5.88 Å². The number of benzene rings is 1. The fraction of sp³-hybridized carbons (Fsp3) is 0.353. The van der Waals surface area contributed by atoms with E-state index in [0.29, 0.717) is 18.5 Å². The number of methoxy groups -OCH3 is 1. The molecule has 21 heavy (non-hydrogen) atoms. The molecule has 3 rings (SSSR count). The van der Waals surface area contributed by atoms with Crippen molar-refractivity contribution in [3.05, 3.63) is 53.7 Å². The molecule has 4 nitrogen and oxygen atoms in total. The first-order valence-electron chi connectivity index (χ1n) is 7.27. The zero-order valence-electron chi connectivity index (χ0n) is 12.2. The Bertz CT molecular complexity index is 580. The van der Waals surface area contributed by atoms with Gasteiger partial charge < -0.3 is 14.8 Å². The molecule has 4 heteroatoms. The van der Waals surface area contributed by atoms with Crippen LogP contribution in [0.5, 0.6) is 11.6 Å². The molecule has 0 saturated heterocycles. The molecule has 0 unspecified atom stereocenters. The minimum Gasteiger partial charge on any atom is -0.497 e. The molecule has 0 aliphatic heterocycles. The van der Waals surface area contributed by atoms with Crippen LogP contribution < -0.4 is 14.8 Å². The quantitative estimate of drug-likeness (QED) is 0.849. The highest BCUT2D eigenvalue weighted by Crippen LogP contribution is 2.20. The number of hydrogen-bond acceptors (Lipinski definition) is 4. The summed E-state index contributed by atoms with van der Waals surface area (Å²) in [4.78, 5) is 4.26. The van der Waals surface area contributed by atoms with E-state index in [1.165, 1.54) is 18.4 Å². The first-order chi connectivity index (χ1) is 10.3. The van der Waals surface area contributed by atoms with Crippen molar-refractivity contribution >= 4 is 0 Å². The molecular weight excluding hydrogens is 264 g/mol. The predicted molar refractivity (Wildman–Crippen MR) is 81.4 cm³/mol. The summed E-state index contributed by atoms with van der Waals surface area (Å²) >= 11 is 0. The van der Waals surface area contributed by atoms with Gasteiger partial charge in [-0.2, -0.15) is 0 Å². The molecule has 0 spiro atoms. The lowest BCUT2D eigenvalue weighted by atomic mass is 10.2. The van der Waals surface area contributed by atoms with Crippen molar-refractivity contribution in [3.63, 3.8) is 0 Å². The van der Waals surface area contributed by atoms with Crippen molar-refractivity contribution in [3.8, 4) is 11.6 Å². The fourth-order valence-corrected chi connectivity index (χ4v) is 2.07. The van der Waals surface area contributed by atoms with Crippen molar-refractivity contribution in [1.82, 2.24) is 10.3 Å². The molecule has 0 amide bonds. The first kappa shape index (κ1) is 13.9. The smallest absolute Gasteiger partial charge is 0.213 e. The molecule has 1 aromatic carbocycles. The lowest BCUT2D eigenvalue weighted by Gasteiger charge is -2.08. The number of aromatic nitrogens is 1. The zero-order valence-corrected chi connectivity index (χ0v) is 12.2. The molecule has 1 fully saturated rings. The highest BCUT2D eigenvalue weighted by atomic mass is 16.5. The van der Waals surface area contributed by atoms with E-state index in [-0.39, 0.29) is 0 Å². The second kappa shape index (κ2) is 6.59. The van der Waals surface area contributed by atoms with Crippen LogP contribution in [-0.4, -0.2) is 18.1 Å². The number of nitrogens with one attached hydrogen (secondary N) is 1. The molecular formula is C17H20N2O2. The summed E-state index contributed by atoms with van der Waals surface area (Å²) in [7, 11) is 1.66. The van der Waals surface area contributed by atoms with Crippen LogP contribution in [0.4, 0.5) is 0 Å². The highest BCUT2D eigenvalue weighted by molar-refractivity contribution is 5.27. The molecule has 0 bridgehead atoms. The Balaban J connectivity index is 1.54. The van der Waals surface area contributed by atoms with Gasteiger partial charge in [0.1, 0.15) is 12.4 Å². The Morgan fingerprint density at radius 1 is 1.14 bits per heavy atom. The SMILES string of the molecule is COc1ccc(COc2cc(CNC3CC3)ccn2)cc1. The molecule has 1 N–H and O–H groups in total. The van der Waals surface area contributed by atoms with Crippen LogP contribution in [-0.2, 0) is 13.2 Å². The number of ether oxygens (including phenoxy) is 2. The van der Waals surface area contributed by atoms with E-state index in [4.69, 9.17) is 9.47 Å². The lowest BCUT2D eigenvalue weighted by molar-refractivity contribution is 0.293. The van der Waals surface area contributed by atoms with Crippen molar-refractivity contribution in [2.45, 2.75) is 32.0 Å². The van der Waals surface area contributed by atoms with Crippen LogP contribution in [0.15, 0.2) is 42.6 Å². The van der Waals surface area contributed by atoms with Gasteiger partial charge in [0.15, 0.2) is 0 Å². The molecule has 110 valence electrons. The topological polar surface area (TPSA) is 43.4 Å². The first-order valence-corrected chi connectivity index (χ1v) is 7.27. The summed E-state index contributed by atoms with van der Waals surface area (Å²) in [5.74, 6) is 1.52. The van der Waals surface area contributed by atoms with Crippen LogP contribution in [0.3, 0.4) is 0 Å². The third kappa shape index (κ3) is 4.20. The normalized spacial score (nSPS) is 14.0. The monoisotopic (exact) mass is 284 g/mol. The van der Waals surface area contributed by atoms with Crippen molar-refractivity contribution < 1.29 is 9.47 Å². The van der Waals surface area contributed by atoms with Gasteiger partial charge in [-0.25, -0.2) is 4.98 Å². The summed E-state index contributed by atoms with van der Waals surface area (Å²) in [6, 6.07) is 12.6. The molecule has 1 heterocycles. The third-order valence-electron chi connectivity index (χ3n) is 3.52. The molecule has 0 radical (unpaired) electrons. The van der Waals surface area contributed by atoms with Gasteiger partial charge in [-0.05, 0) is 42.2 Å². The molecule has 2 aromatic rings. The van der Waals surface area contributed by atoms with Gasteiger partial charge in [-0.3, -0.25) is 0 Å². The maximum absolute atomic E-state index is 5.75. The Hall–Kier alpha value is -2.07. The van der Waals surface area contributed by atoms with Gasteiger partial charge in [0.05, 0.1) is 7.11 Å². The molecule has 1 saturated carbocycles. The third-order valence-corrected chi connectivity index (χ3v) is 3.52. The Morgan fingerprint density at radius 3 is 2.67 bits per heavy atom. The number of hydrogen-bond donors (Lipinski definition) is 1. The van der Waals surface area contributed by atoms with Crippen LogP contribution >= 0.6 is 0 Å². The zero-order chi connectivity index (χ0) is 14.5. The van der Waals surface area contributed by atoms with Gasteiger partial charge >= 0.3 is 0 Å². The predicted octanol–water partition coefficient (Wildman–Crippen LogP) is 2.92. The second-order valence-electron chi connectivity index (χ2n) is 5.29. The van der Waals surface area contributed by atoms with E-state index in [1.54, 1.807) is 13.3 Å². The molecule has 1 aliphatic rings. The summed E-state index contributed by atoms with van der Waals surface area (Å²) < 4.78 is 10.9.